The fraction of sp³-hybridized carbons (Fsp3) is 0.125. The van der Waals surface area contributed by atoms with Gasteiger partial charge < -0.3 is 10.1 Å². The minimum atomic E-state index is -0.256. The molecule has 0 amide bonds. The highest BCUT2D eigenvalue weighted by atomic mass is 32.1. The van der Waals surface area contributed by atoms with Crippen LogP contribution in [0.3, 0.4) is 0 Å². The van der Waals surface area contributed by atoms with Crippen LogP contribution in [-0.4, -0.2) is 18.4 Å². The molecule has 2 rings (SSSR count). The van der Waals surface area contributed by atoms with Crippen LogP contribution in [0, 0.1) is 5.82 Å². The number of rotatable bonds is 5. The molecule has 0 aromatic heterocycles. The molecule has 0 aliphatic rings. The Labute approximate surface area is 134 Å². The third-order valence-corrected chi connectivity index (χ3v) is 3.17. The molecule has 0 radical (unpaired) electrons. The summed E-state index contributed by atoms with van der Waals surface area (Å²) in [7, 11) is 1.73. The number of nitrogens with one attached hydrogen (secondary N) is 3. The van der Waals surface area contributed by atoms with Gasteiger partial charge in [0.25, 0.3) is 0 Å². The molecule has 0 aliphatic carbocycles. The summed E-state index contributed by atoms with van der Waals surface area (Å²) in [5.41, 5.74) is 4.58. The Kier molecular flexibility index (Phi) is 5.85. The third-order valence-electron chi connectivity index (χ3n) is 2.87. The average Bonchev–Trinajstić information content (AvgIpc) is 2.55. The quantitative estimate of drug-likeness (QED) is 0.436. The second kappa shape index (κ2) is 8.09. The Morgan fingerprint density at radius 3 is 2.68 bits per heavy atom. The summed E-state index contributed by atoms with van der Waals surface area (Å²) in [5, 5.41) is 6.17. The zero-order valence-corrected chi connectivity index (χ0v) is 12.9. The summed E-state index contributed by atoms with van der Waals surface area (Å²) in [6, 6.07) is 13.8. The molecule has 0 unspecified atom stereocenters. The van der Waals surface area contributed by atoms with Crippen molar-refractivity contribution in [1.82, 2.24) is 10.7 Å². The van der Waals surface area contributed by atoms with E-state index in [2.05, 4.69) is 15.8 Å². The van der Waals surface area contributed by atoms with E-state index in [1.165, 1.54) is 12.1 Å². The van der Waals surface area contributed by atoms with Crippen molar-refractivity contribution >= 4 is 23.5 Å². The summed E-state index contributed by atoms with van der Waals surface area (Å²) in [6.07, 6.45) is 1.75. The van der Waals surface area contributed by atoms with Crippen molar-refractivity contribution in [2.24, 2.45) is 0 Å². The summed E-state index contributed by atoms with van der Waals surface area (Å²) < 4.78 is 18.6. The van der Waals surface area contributed by atoms with E-state index in [4.69, 9.17) is 17.0 Å². The fourth-order valence-corrected chi connectivity index (χ4v) is 1.77. The largest absolute Gasteiger partial charge is 0.488 e. The van der Waals surface area contributed by atoms with E-state index in [1.807, 2.05) is 24.3 Å². The molecule has 2 aromatic rings. The molecule has 0 spiro atoms. The number of ether oxygens (including phenoxy) is 1. The van der Waals surface area contributed by atoms with Gasteiger partial charge in [-0.3, -0.25) is 0 Å². The molecule has 3 N–H and O–H groups in total. The first-order chi connectivity index (χ1) is 10.7. The van der Waals surface area contributed by atoms with E-state index in [1.54, 1.807) is 25.4 Å². The minimum absolute atomic E-state index is 0.256. The van der Waals surface area contributed by atoms with Crippen molar-refractivity contribution < 1.29 is 14.2 Å². The fourth-order valence-electron chi connectivity index (χ4n) is 1.71. The number of thiocarbonyl (C=S) groups is 1. The van der Waals surface area contributed by atoms with Crippen LogP contribution < -0.4 is 20.6 Å². The second-order valence-corrected chi connectivity index (χ2v) is 4.85. The Morgan fingerprint density at radius 1 is 1.23 bits per heavy atom. The van der Waals surface area contributed by atoms with Gasteiger partial charge in [0.1, 0.15) is 18.2 Å². The van der Waals surface area contributed by atoms with Gasteiger partial charge in [0.15, 0.2) is 0 Å². The van der Waals surface area contributed by atoms with Crippen molar-refractivity contribution in [3.05, 3.63) is 65.5 Å². The monoisotopic (exact) mass is 318 g/mol. The van der Waals surface area contributed by atoms with E-state index < -0.39 is 0 Å². The lowest BCUT2D eigenvalue weighted by atomic mass is 10.2. The zero-order valence-electron chi connectivity index (χ0n) is 12.1. The molecular formula is C16H17FN3OS+. The van der Waals surface area contributed by atoms with Crippen LogP contribution in [0.5, 0.6) is 5.75 Å². The first-order valence-corrected chi connectivity index (χ1v) is 7.12. The van der Waals surface area contributed by atoms with Crippen molar-refractivity contribution in [3.8, 4) is 5.75 Å². The maximum Gasteiger partial charge on any atom is 0.223 e. The van der Waals surface area contributed by atoms with Crippen molar-refractivity contribution in [2.75, 3.05) is 7.05 Å². The number of hydrogen-bond acceptors (Lipinski definition) is 2. The first-order valence-electron chi connectivity index (χ1n) is 6.72. The molecule has 4 nitrogen and oxygen atoms in total. The minimum Gasteiger partial charge on any atom is -0.488 e. The van der Waals surface area contributed by atoms with E-state index in [9.17, 15) is 4.39 Å². The molecular weight excluding hydrogens is 301 g/mol. The van der Waals surface area contributed by atoms with Crippen molar-refractivity contribution in [1.29, 1.82) is 0 Å². The van der Waals surface area contributed by atoms with Gasteiger partial charge in [0.05, 0.1) is 5.56 Å². The molecule has 0 fully saturated rings. The van der Waals surface area contributed by atoms with E-state index >= 15 is 0 Å². The van der Waals surface area contributed by atoms with Crippen LogP contribution in [0.2, 0.25) is 0 Å². The molecule has 22 heavy (non-hydrogen) atoms. The smallest absolute Gasteiger partial charge is 0.223 e. The number of benzene rings is 2. The normalized spacial score (nSPS) is 10.5. The third kappa shape index (κ3) is 4.82. The van der Waals surface area contributed by atoms with Gasteiger partial charge in [0.2, 0.25) is 11.3 Å². The highest BCUT2D eigenvalue weighted by molar-refractivity contribution is 7.80. The summed E-state index contributed by atoms with van der Waals surface area (Å²) in [6.45, 7) is 0.369. The SMILES string of the molecule is CNC(=S)N[NH+]=Cc1ccccc1OCc1ccc(F)cc1. The number of hydrazine groups is 1. The molecule has 0 saturated carbocycles. The molecule has 0 bridgehead atoms. The van der Waals surface area contributed by atoms with Crippen LogP contribution >= 0.6 is 12.2 Å². The second-order valence-electron chi connectivity index (χ2n) is 4.45. The summed E-state index contributed by atoms with van der Waals surface area (Å²) in [4.78, 5) is 0. The molecule has 0 atom stereocenters. The van der Waals surface area contributed by atoms with Gasteiger partial charge in [-0.15, -0.1) is 10.5 Å². The maximum atomic E-state index is 12.9. The topological polar surface area (TPSA) is 47.3 Å². The molecule has 2 aromatic carbocycles. The van der Waals surface area contributed by atoms with E-state index in [-0.39, 0.29) is 5.82 Å². The number of halogens is 1. The number of hydrogen-bond donors (Lipinski definition) is 3. The lowest BCUT2D eigenvalue weighted by Crippen LogP contribution is -2.82. The number of hydrazone groups is 1. The van der Waals surface area contributed by atoms with Gasteiger partial charge in [0, 0.05) is 7.05 Å². The predicted molar refractivity (Wildman–Crippen MR) is 88.1 cm³/mol. The highest BCUT2D eigenvalue weighted by Gasteiger charge is 2.04. The van der Waals surface area contributed by atoms with Gasteiger partial charge >= 0.3 is 0 Å². The average molecular weight is 318 g/mol. The Hall–Kier alpha value is -2.47. The van der Waals surface area contributed by atoms with Gasteiger partial charge in [-0.25, -0.2) is 4.39 Å². The number of para-hydroxylation sites is 1. The van der Waals surface area contributed by atoms with Crippen molar-refractivity contribution in [3.63, 3.8) is 0 Å². The van der Waals surface area contributed by atoms with Crippen molar-refractivity contribution in [2.45, 2.75) is 6.61 Å². The molecule has 114 valence electrons. The van der Waals surface area contributed by atoms with Gasteiger partial charge in [-0.05, 0) is 42.0 Å². The highest BCUT2D eigenvalue weighted by Crippen LogP contribution is 2.17. The molecule has 0 saturated heterocycles. The van der Waals surface area contributed by atoms with Gasteiger partial charge in [-0.2, -0.15) is 0 Å². The zero-order chi connectivity index (χ0) is 15.8. The Balaban J connectivity index is 2.01. The molecule has 0 aliphatic heterocycles. The first kappa shape index (κ1) is 15.9. The summed E-state index contributed by atoms with van der Waals surface area (Å²) >= 11 is 4.96. The van der Waals surface area contributed by atoms with Crippen LogP contribution in [0.1, 0.15) is 11.1 Å². The lowest BCUT2D eigenvalue weighted by molar-refractivity contribution is -0.500. The Bertz CT molecular complexity index is 659. The predicted octanol–water partition coefficient (Wildman–Crippen LogP) is 0.913. The van der Waals surface area contributed by atoms with Crippen LogP contribution in [0.4, 0.5) is 4.39 Å². The van der Waals surface area contributed by atoms with Crippen LogP contribution in [0.25, 0.3) is 0 Å². The van der Waals surface area contributed by atoms with E-state index in [0.717, 1.165) is 16.9 Å². The van der Waals surface area contributed by atoms with Crippen LogP contribution in [-0.2, 0) is 6.61 Å². The van der Waals surface area contributed by atoms with E-state index in [0.29, 0.717) is 11.7 Å². The molecule has 0 heterocycles. The maximum absolute atomic E-state index is 12.9. The lowest BCUT2D eigenvalue weighted by Gasteiger charge is -2.08. The standard InChI is InChI=1S/C16H16FN3OS/c1-18-16(22)20-19-10-13-4-2-3-5-15(13)21-11-12-6-8-14(17)9-7-12/h2-10H,11H2,1H3,(H2,18,20,22)/p+1. The Morgan fingerprint density at radius 2 is 1.95 bits per heavy atom. The van der Waals surface area contributed by atoms with Crippen LogP contribution in [0.15, 0.2) is 48.5 Å². The summed E-state index contributed by atoms with van der Waals surface area (Å²) in [5.74, 6) is 0.463. The molecule has 6 heteroatoms. The van der Waals surface area contributed by atoms with Gasteiger partial charge in [-0.1, -0.05) is 24.3 Å².